The Morgan fingerprint density at radius 1 is 1.26 bits per heavy atom. The molecule has 3 rings (SSSR count). The number of nitriles is 1. The van der Waals surface area contributed by atoms with E-state index in [0.29, 0.717) is 5.56 Å². The van der Waals surface area contributed by atoms with Crippen LogP contribution in [0.25, 0.3) is 22.2 Å². The van der Waals surface area contributed by atoms with E-state index >= 15 is 0 Å². The van der Waals surface area contributed by atoms with E-state index in [-0.39, 0.29) is 5.75 Å². The van der Waals surface area contributed by atoms with E-state index in [9.17, 15) is 5.11 Å². The molecule has 2 aromatic heterocycles. The molecule has 4 nitrogen and oxygen atoms in total. The zero-order valence-electron chi connectivity index (χ0n) is 10.3. The molecule has 4 heteroatoms. The number of phenols is 1. The molecule has 19 heavy (non-hydrogen) atoms. The fraction of sp³-hybridized carbons (Fsp3) is 0.0667. The van der Waals surface area contributed by atoms with E-state index in [1.165, 1.54) is 6.20 Å². The molecule has 0 radical (unpaired) electrons. The summed E-state index contributed by atoms with van der Waals surface area (Å²) in [5, 5.41) is 19.6. The number of aromatic hydroxyl groups is 1. The molecule has 0 aliphatic carbocycles. The van der Waals surface area contributed by atoms with Crippen LogP contribution in [-0.2, 0) is 0 Å². The molecule has 2 N–H and O–H groups in total. The standard InChI is InChI=1S/C15H11N3O/c1-9-14(11-6-5-10(7-16)8-17-11)15-12(18-9)3-2-4-13(15)19/h2-6,8,18-19H,1H3. The number of H-pyrrole nitrogens is 1. The zero-order chi connectivity index (χ0) is 13.4. The number of rotatable bonds is 1. The average molecular weight is 249 g/mol. The monoisotopic (exact) mass is 249 g/mol. The Hall–Kier alpha value is -2.80. The van der Waals surface area contributed by atoms with Gasteiger partial charge in [-0.3, -0.25) is 4.98 Å². The lowest BCUT2D eigenvalue weighted by Gasteiger charge is -2.02. The smallest absolute Gasteiger partial charge is 0.125 e. The van der Waals surface area contributed by atoms with Crippen molar-refractivity contribution >= 4 is 10.9 Å². The minimum atomic E-state index is 0.225. The number of aromatic nitrogens is 2. The minimum absolute atomic E-state index is 0.225. The molecular weight excluding hydrogens is 238 g/mol. The summed E-state index contributed by atoms with van der Waals surface area (Å²) in [6, 6.07) is 10.9. The summed E-state index contributed by atoms with van der Waals surface area (Å²) in [5.41, 5.74) is 3.94. The SMILES string of the molecule is Cc1[nH]c2cccc(O)c2c1-c1ccc(C#N)cn1. The minimum Gasteiger partial charge on any atom is -0.507 e. The Balaban J connectivity index is 2.29. The number of nitrogens with zero attached hydrogens (tertiary/aromatic N) is 2. The summed E-state index contributed by atoms with van der Waals surface area (Å²) >= 11 is 0. The van der Waals surface area contributed by atoms with Gasteiger partial charge < -0.3 is 10.1 Å². The Kier molecular flexibility index (Phi) is 2.46. The van der Waals surface area contributed by atoms with E-state index in [1.54, 1.807) is 24.3 Å². The summed E-state index contributed by atoms with van der Waals surface area (Å²) in [7, 11) is 0. The van der Waals surface area contributed by atoms with Crippen molar-refractivity contribution in [2.45, 2.75) is 6.92 Å². The third kappa shape index (κ3) is 1.72. The van der Waals surface area contributed by atoms with Crippen molar-refractivity contribution in [1.82, 2.24) is 9.97 Å². The zero-order valence-corrected chi connectivity index (χ0v) is 10.3. The molecule has 0 aliphatic heterocycles. The van der Waals surface area contributed by atoms with Crippen molar-refractivity contribution in [2.75, 3.05) is 0 Å². The average Bonchev–Trinajstić information content (AvgIpc) is 2.76. The fourth-order valence-corrected chi connectivity index (χ4v) is 2.29. The first-order valence-corrected chi connectivity index (χ1v) is 5.87. The second kappa shape index (κ2) is 4.14. The van der Waals surface area contributed by atoms with Gasteiger partial charge in [-0.05, 0) is 31.2 Å². The van der Waals surface area contributed by atoms with E-state index in [4.69, 9.17) is 5.26 Å². The predicted octanol–water partition coefficient (Wildman–Crippen LogP) is 3.12. The number of aryl methyl sites for hydroxylation is 1. The highest BCUT2D eigenvalue weighted by molar-refractivity contribution is 6.00. The molecule has 0 saturated carbocycles. The number of fused-ring (bicyclic) bond motifs is 1. The maximum Gasteiger partial charge on any atom is 0.125 e. The van der Waals surface area contributed by atoms with Crippen molar-refractivity contribution in [3.63, 3.8) is 0 Å². The number of hydrogen-bond acceptors (Lipinski definition) is 3. The molecule has 0 amide bonds. The first-order chi connectivity index (χ1) is 9.20. The maximum absolute atomic E-state index is 10.0. The predicted molar refractivity (Wildman–Crippen MR) is 72.6 cm³/mol. The first-order valence-electron chi connectivity index (χ1n) is 5.87. The Bertz CT molecular complexity index is 795. The Morgan fingerprint density at radius 3 is 2.79 bits per heavy atom. The second-order valence-electron chi connectivity index (χ2n) is 4.37. The number of phenolic OH excluding ortho intramolecular Hbond substituents is 1. The van der Waals surface area contributed by atoms with E-state index in [1.807, 2.05) is 19.1 Å². The van der Waals surface area contributed by atoms with Crippen LogP contribution in [0.15, 0.2) is 36.5 Å². The van der Waals surface area contributed by atoms with Gasteiger partial charge >= 0.3 is 0 Å². The molecule has 0 atom stereocenters. The van der Waals surface area contributed by atoms with Gasteiger partial charge in [-0.2, -0.15) is 5.26 Å². The Labute approximate surface area is 110 Å². The van der Waals surface area contributed by atoms with Crippen molar-refractivity contribution in [2.24, 2.45) is 0 Å². The Morgan fingerprint density at radius 2 is 2.11 bits per heavy atom. The van der Waals surface area contributed by atoms with Gasteiger partial charge in [0.25, 0.3) is 0 Å². The molecule has 0 fully saturated rings. The molecule has 0 aliphatic rings. The maximum atomic E-state index is 10.0. The quantitative estimate of drug-likeness (QED) is 0.696. The van der Waals surface area contributed by atoms with Gasteiger partial charge in [0.2, 0.25) is 0 Å². The summed E-state index contributed by atoms with van der Waals surface area (Å²) in [6.45, 7) is 1.94. The van der Waals surface area contributed by atoms with E-state index < -0.39 is 0 Å². The van der Waals surface area contributed by atoms with Crippen LogP contribution in [0.1, 0.15) is 11.3 Å². The van der Waals surface area contributed by atoms with Crippen LogP contribution in [0.3, 0.4) is 0 Å². The van der Waals surface area contributed by atoms with Crippen LogP contribution in [0.4, 0.5) is 0 Å². The van der Waals surface area contributed by atoms with Gasteiger partial charge in [0, 0.05) is 17.5 Å². The van der Waals surface area contributed by atoms with Crippen LogP contribution in [0.5, 0.6) is 5.75 Å². The number of hydrogen-bond donors (Lipinski definition) is 2. The first kappa shape index (κ1) is 11.3. The third-order valence-electron chi connectivity index (χ3n) is 3.14. The molecular formula is C15H11N3O. The largest absolute Gasteiger partial charge is 0.507 e. The fourth-order valence-electron chi connectivity index (χ4n) is 2.29. The van der Waals surface area contributed by atoms with Crippen LogP contribution in [-0.4, -0.2) is 15.1 Å². The normalized spacial score (nSPS) is 10.5. The van der Waals surface area contributed by atoms with E-state index in [0.717, 1.165) is 27.9 Å². The van der Waals surface area contributed by atoms with Crippen LogP contribution < -0.4 is 0 Å². The van der Waals surface area contributed by atoms with Crippen molar-refractivity contribution in [3.8, 4) is 23.1 Å². The lowest BCUT2D eigenvalue weighted by molar-refractivity contribution is 0.482. The van der Waals surface area contributed by atoms with Gasteiger partial charge in [-0.25, -0.2) is 0 Å². The number of nitrogens with one attached hydrogen (secondary N) is 1. The van der Waals surface area contributed by atoms with Crippen molar-refractivity contribution in [1.29, 1.82) is 5.26 Å². The number of aromatic amines is 1. The van der Waals surface area contributed by atoms with Gasteiger partial charge in [0.15, 0.2) is 0 Å². The third-order valence-corrected chi connectivity index (χ3v) is 3.14. The molecule has 0 unspecified atom stereocenters. The number of benzene rings is 1. The van der Waals surface area contributed by atoms with Crippen LogP contribution in [0, 0.1) is 18.3 Å². The van der Waals surface area contributed by atoms with E-state index in [2.05, 4.69) is 9.97 Å². The topological polar surface area (TPSA) is 72.7 Å². The lowest BCUT2D eigenvalue weighted by atomic mass is 10.1. The molecule has 3 aromatic rings. The van der Waals surface area contributed by atoms with Gasteiger partial charge in [-0.15, -0.1) is 0 Å². The second-order valence-corrected chi connectivity index (χ2v) is 4.37. The highest BCUT2D eigenvalue weighted by Crippen LogP contribution is 2.36. The number of pyridine rings is 1. The van der Waals surface area contributed by atoms with Crippen LogP contribution in [0.2, 0.25) is 0 Å². The highest BCUT2D eigenvalue weighted by atomic mass is 16.3. The van der Waals surface area contributed by atoms with Crippen molar-refractivity contribution < 1.29 is 5.11 Å². The molecule has 0 bridgehead atoms. The molecule has 0 spiro atoms. The summed E-state index contributed by atoms with van der Waals surface area (Å²) in [5.74, 6) is 0.225. The summed E-state index contributed by atoms with van der Waals surface area (Å²) < 4.78 is 0. The molecule has 2 heterocycles. The van der Waals surface area contributed by atoms with Crippen molar-refractivity contribution in [3.05, 3.63) is 47.8 Å². The molecule has 1 aromatic carbocycles. The van der Waals surface area contributed by atoms with Gasteiger partial charge in [-0.1, -0.05) is 6.07 Å². The summed E-state index contributed by atoms with van der Waals surface area (Å²) in [4.78, 5) is 7.52. The molecule has 0 saturated heterocycles. The van der Waals surface area contributed by atoms with Crippen LogP contribution >= 0.6 is 0 Å². The summed E-state index contributed by atoms with van der Waals surface area (Å²) in [6.07, 6.45) is 1.54. The highest BCUT2D eigenvalue weighted by Gasteiger charge is 2.14. The lowest BCUT2D eigenvalue weighted by Crippen LogP contribution is -1.86. The van der Waals surface area contributed by atoms with Gasteiger partial charge in [0.05, 0.1) is 22.2 Å². The molecule has 92 valence electrons. The van der Waals surface area contributed by atoms with Gasteiger partial charge in [0.1, 0.15) is 11.8 Å².